The van der Waals surface area contributed by atoms with E-state index in [1.54, 1.807) is 17.4 Å². The number of anilines is 1. The number of halogens is 1. The number of aromatic nitrogens is 1. The molecule has 0 saturated carbocycles. The Hall–Kier alpha value is -1.61. The van der Waals surface area contributed by atoms with Gasteiger partial charge in [0.25, 0.3) is 0 Å². The van der Waals surface area contributed by atoms with Crippen molar-refractivity contribution in [1.82, 2.24) is 4.98 Å². The van der Waals surface area contributed by atoms with Crippen LogP contribution in [0.1, 0.15) is 24.3 Å². The van der Waals surface area contributed by atoms with Crippen molar-refractivity contribution in [3.8, 4) is 6.07 Å². The quantitative estimate of drug-likeness (QED) is 0.848. The number of thiophene rings is 1. The molecule has 1 aliphatic rings. The van der Waals surface area contributed by atoms with Gasteiger partial charge >= 0.3 is 0 Å². The molecule has 3 rings (SSSR count). The summed E-state index contributed by atoms with van der Waals surface area (Å²) in [5, 5.41) is 13.6. The average Bonchev–Trinajstić information content (AvgIpc) is 3.01. The molecular weight excluding hydrogens is 306 g/mol. The largest absolute Gasteiger partial charge is 0.367 e. The van der Waals surface area contributed by atoms with Gasteiger partial charge in [0, 0.05) is 13.1 Å². The fourth-order valence-electron chi connectivity index (χ4n) is 2.47. The molecule has 4 nitrogen and oxygen atoms in total. The van der Waals surface area contributed by atoms with Crippen LogP contribution in [-0.4, -0.2) is 24.2 Å². The maximum Gasteiger partial charge on any atom is 0.161 e. The van der Waals surface area contributed by atoms with Crippen molar-refractivity contribution >= 4 is 28.8 Å². The van der Waals surface area contributed by atoms with Crippen LogP contribution in [0.25, 0.3) is 0 Å². The summed E-state index contributed by atoms with van der Waals surface area (Å²) in [6.07, 6.45) is 0.134. The highest BCUT2D eigenvalue weighted by molar-refractivity contribution is 7.07. The number of hydrogen-bond donors (Lipinski definition) is 0. The third kappa shape index (κ3) is 3.03. The highest BCUT2D eigenvalue weighted by Gasteiger charge is 2.27. The highest BCUT2D eigenvalue weighted by Crippen LogP contribution is 2.29. The fourth-order valence-corrected chi connectivity index (χ4v) is 3.32. The minimum Gasteiger partial charge on any atom is -0.367 e. The van der Waals surface area contributed by atoms with Crippen LogP contribution in [-0.2, 0) is 4.74 Å². The van der Waals surface area contributed by atoms with Gasteiger partial charge in [0.2, 0.25) is 0 Å². The molecule has 0 aromatic carbocycles. The van der Waals surface area contributed by atoms with Gasteiger partial charge in [-0.3, -0.25) is 0 Å². The van der Waals surface area contributed by atoms with Crippen LogP contribution in [0.3, 0.4) is 0 Å². The SMILES string of the molecule is CC1CN(c2ccc(Cl)c(C#N)n2)CC(c2ccsc2)O1. The molecule has 2 aromatic heterocycles. The number of nitrogens with zero attached hydrogens (tertiary/aromatic N) is 3. The van der Waals surface area contributed by atoms with Gasteiger partial charge in [-0.15, -0.1) is 0 Å². The summed E-state index contributed by atoms with van der Waals surface area (Å²) in [5.41, 5.74) is 1.45. The molecule has 108 valence electrons. The van der Waals surface area contributed by atoms with E-state index in [9.17, 15) is 0 Å². The highest BCUT2D eigenvalue weighted by atomic mass is 35.5. The molecule has 1 saturated heterocycles. The zero-order valence-corrected chi connectivity index (χ0v) is 13.1. The van der Waals surface area contributed by atoms with Gasteiger partial charge in [-0.05, 0) is 41.4 Å². The van der Waals surface area contributed by atoms with Crippen LogP contribution in [0.5, 0.6) is 0 Å². The smallest absolute Gasteiger partial charge is 0.161 e. The second kappa shape index (κ2) is 6.02. The first-order valence-electron chi connectivity index (χ1n) is 6.66. The van der Waals surface area contributed by atoms with E-state index in [2.05, 4.69) is 26.7 Å². The Morgan fingerprint density at radius 2 is 2.29 bits per heavy atom. The van der Waals surface area contributed by atoms with Gasteiger partial charge in [0.15, 0.2) is 5.69 Å². The van der Waals surface area contributed by atoms with E-state index >= 15 is 0 Å². The molecule has 3 heterocycles. The third-order valence-corrected chi connectivity index (χ3v) is 4.44. The Labute approximate surface area is 132 Å². The molecule has 0 spiro atoms. The first-order valence-corrected chi connectivity index (χ1v) is 7.98. The second-order valence-corrected chi connectivity index (χ2v) is 6.20. The molecule has 1 fully saturated rings. The number of morpholine rings is 1. The molecule has 0 amide bonds. The predicted octanol–water partition coefficient (Wildman–Crippen LogP) is 3.63. The van der Waals surface area contributed by atoms with Crippen molar-refractivity contribution < 1.29 is 4.74 Å². The van der Waals surface area contributed by atoms with E-state index in [1.807, 2.05) is 19.1 Å². The number of rotatable bonds is 2. The summed E-state index contributed by atoms with van der Waals surface area (Å²) in [7, 11) is 0. The summed E-state index contributed by atoms with van der Waals surface area (Å²) in [4.78, 5) is 6.49. The lowest BCUT2D eigenvalue weighted by atomic mass is 10.1. The number of pyridine rings is 1. The molecule has 0 bridgehead atoms. The lowest BCUT2D eigenvalue weighted by Crippen LogP contribution is -2.43. The number of hydrogen-bond acceptors (Lipinski definition) is 5. The van der Waals surface area contributed by atoms with Gasteiger partial charge in [-0.25, -0.2) is 4.98 Å². The molecule has 2 unspecified atom stereocenters. The van der Waals surface area contributed by atoms with Crippen molar-refractivity contribution in [3.63, 3.8) is 0 Å². The molecule has 1 aliphatic heterocycles. The molecule has 0 N–H and O–H groups in total. The van der Waals surface area contributed by atoms with Gasteiger partial charge in [0.1, 0.15) is 18.0 Å². The van der Waals surface area contributed by atoms with Crippen LogP contribution in [0, 0.1) is 11.3 Å². The maximum atomic E-state index is 9.06. The predicted molar refractivity (Wildman–Crippen MR) is 83.8 cm³/mol. The van der Waals surface area contributed by atoms with Gasteiger partial charge < -0.3 is 9.64 Å². The minimum atomic E-state index is 0.0306. The Bertz CT molecular complexity index is 668. The zero-order chi connectivity index (χ0) is 14.8. The normalized spacial score (nSPS) is 22.0. The van der Waals surface area contributed by atoms with Crippen molar-refractivity contribution in [3.05, 3.63) is 45.2 Å². The van der Waals surface area contributed by atoms with E-state index in [-0.39, 0.29) is 17.9 Å². The number of nitriles is 1. The molecule has 0 aliphatic carbocycles. The molecule has 0 radical (unpaired) electrons. The Morgan fingerprint density at radius 1 is 1.43 bits per heavy atom. The van der Waals surface area contributed by atoms with Gasteiger partial charge in [-0.1, -0.05) is 11.6 Å². The molecule has 6 heteroatoms. The lowest BCUT2D eigenvalue weighted by molar-refractivity contribution is -0.0174. The van der Waals surface area contributed by atoms with E-state index in [1.165, 1.54) is 5.56 Å². The summed E-state index contributed by atoms with van der Waals surface area (Å²) in [6, 6.07) is 7.69. The Balaban J connectivity index is 1.86. The van der Waals surface area contributed by atoms with E-state index in [4.69, 9.17) is 21.6 Å². The maximum absolute atomic E-state index is 9.06. The zero-order valence-electron chi connectivity index (χ0n) is 11.5. The third-order valence-electron chi connectivity index (χ3n) is 3.44. The molecule has 2 aromatic rings. The fraction of sp³-hybridized carbons (Fsp3) is 0.333. The Morgan fingerprint density at radius 3 is 3.00 bits per heavy atom. The van der Waals surface area contributed by atoms with Crippen LogP contribution in [0.4, 0.5) is 5.82 Å². The van der Waals surface area contributed by atoms with Crippen molar-refractivity contribution in [2.45, 2.75) is 19.1 Å². The standard InChI is InChI=1S/C15H14ClN3OS/c1-10-7-19(8-14(20-10)11-4-5-21-9-11)15-3-2-12(16)13(6-17)18-15/h2-5,9-10,14H,7-8H2,1H3. The monoisotopic (exact) mass is 319 g/mol. The first-order chi connectivity index (χ1) is 10.2. The van der Waals surface area contributed by atoms with E-state index in [0.717, 1.165) is 18.9 Å². The summed E-state index contributed by atoms with van der Waals surface area (Å²) in [6.45, 7) is 3.52. The van der Waals surface area contributed by atoms with Gasteiger partial charge in [-0.2, -0.15) is 16.6 Å². The molecule has 2 atom stereocenters. The molecular formula is C15H14ClN3OS. The summed E-state index contributed by atoms with van der Waals surface area (Å²) >= 11 is 7.61. The van der Waals surface area contributed by atoms with Crippen LogP contribution in [0.15, 0.2) is 29.0 Å². The van der Waals surface area contributed by atoms with Crippen molar-refractivity contribution in [1.29, 1.82) is 5.26 Å². The lowest BCUT2D eigenvalue weighted by Gasteiger charge is -2.37. The van der Waals surface area contributed by atoms with Crippen LogP contribution in [0.2, 0.25) is 5.02 Å². The van der Waals surface area contributed by atoms with Gasteiger partial charge in [0.05, 0.1) is 11.1 Å². The topological polar surface area (TPSA) is 49.2 Å². The van der Waals surface area contributed by atoms with Crippen molar-refractivity contribution in [2.24, 2.45) is 0 Å². The summed E-state index contributed by atoms with van der Waals surface area (Å²) < 4.78 is 6.01. The Kier molecular flexibility index (Phi) is 4.11. The first kappa shape index (κ1) is 14.3. The second-order valence-electron chi connectivity index (χ2n) is 5.01. The minimum absolute atomic E-state index is 0.0306. The summed E-state index contributed by atoms with van der Waals surface area (Å²) in [5.74, 6) is 0.770. The van der Waals surface area contributed by atoms with E-state index in [0.29, 0.717) is 5.02 Å². The number of ether oxygens (including phenoxy) is 1. The van der Waals surface area contributed by atoms with Crippen molar-refractivity contribution in [2.75, 3.05) is 18.0 Å². The molecule has 21 heavy (non-hydrogen) atoms. The van der Waals surface area contributed by atoms with Crippen LogP contribution < -0.4 is 4.90 Å². The average molecular weight is 320 g/mol. The van der Waals surface area contributed by atoms with E-state index < -0.39 is 0 Å². The van der Waals surface area contributed by atoms with Crippen LogP contribution >= 0.6 is 22.9 Å².